The van der Waals surface area contributed by atoms with Crippen LogP contribution < -0.4 is 10.6 Å². The maximum atomic E-state index is 12.3. The van der Waals surface area contributed by atoms with E-state index < -0.39 is 0 Å². The van der Waals surface area contributed by atoms with Gasteiger partial charge in [0.25, 0.3) is 5.91 Å². The number of nitrogens with zero attached hydrogens (tertiary/aromatic N) is 2. The maximum absolute atomic E-state index is 12.3. The first-order chi connectivity index (χ1) is 9.72. The number of aromatic amines is 1. The fourth-order valence-corrected chi connectivity index (χ4v) is 1.85. The van der Waals surface area contributed by atoms with Gasteiger partial charge in [-0.1, -0.05) is 6.92 Å². The minimum Gasteiger partial charge on any atom is -0.383 e. The van der Waals surface area contributed by atoms with Gasteiger partial charge >= 0.3 is 0 Å². The third-order valence-electron chi connectivity index (χ3n) is 3.00. The zero-order chi connectivity index (χ0) is 14.4. The molecule has 1 amide bonds. The van der Waals surface area contributed by atoms with Crippen LogP contribution in [0.5, 0.6) is 0 Å². The lowest BCUT2D eigenvalue weighted by molar-refractivity contribution is 0.0940. The van der Waals surface area contributed by atoms with E-state index in [0.29, 0.717) is 5.56 Å². The van der Waals surface area contributed by atoms with Crippen LogP contribution in [0.15, 0.2) is 30.9 Å². The molecule has 0 saturated carbocycles. The topological polar surface area (TPSA) is 82.7 Å². The van der Waals surface area contributed by atoms with Crippen LogP contribution in [0.1, 0.15) is 42.2 Å². The second kappa shape index (κ2) is 6.70. The van der Waals surface area contributed by atoms with Crippen LogP contribution in [-0.4, -0.2) is 27.6 Å². The minimum absolute atomic E-state index is 0.103. The van der Waals surface area contributed by atoms with E-state index in [9.17, 15) is 4.79 Å². The summed E-state index contributed by atoms with van der Waals surface area (Å²) in [6, 6.07) is 1.61. The Bertz CT molecular complexity index is 552. The van der Waals surface area contributed by atoms with Crippen LogP contribution in [0.4, 0.5) is 5.69 Å². The average molecular weight is 273 g/mol. The Morgan fingerprint density at radius 2 is 2.30 bits per heavy atom. The molecule has 0 aliphatic heterocycles. The third kappa shape index (κ3) is 3.34. The lowest BCUT2D eigenvalue weighted by Gasteiger charge is -2.14. The number of pyridine rings is 1. The minimum atomic E-state index is -0.125. The summed E-state index contributed by atoms with van der Waals surface area (Å²) < 4.78 is 0. The van der Waals surface area contributed by atoms with Crippen molar-refractivity contribution >= 4 is 11.6 Å². The fourth-order valence-electron chi connectivity index (χ4n) is 1.85. The van der Waals surface area contributed by atoms with Gasteiger partial charge < -0.3 is 10.6 Å². The van der Waals surface area contributed by atoms with Gasteiger partial charge in [-0.3, -0.25) is 14.9 Å². The standard InChI is InChI=1S/C14H19N5O/c1-3-5-16-13-9-15-6-4-12(13)14(20)19-10(2)11-7-17-18-8-11/h4,6-10,16H,3,5H2,1-2H3,(H,17,18)(H,19,20). The van der Waals surface area contributed by atoms with E-state index in [-0.39, 0.29) is 11.9 Å². The molecule has 6 heteroatoms. The molecule has 0 fully saturated rings. The first-order valence-electron chi connectivity index (χ1n) is 6.69. The number of amides is 1. The van der Waals surface area contributed by atoms with Gasteiger partial charge in [0.1, 0.15) is 0 Å². The number of hydrogen-bond donors (Lipinski definition) is 3. The molecule has 0 aliphatic rings. The van der Waals surface area contributed by atoms with Crippen molar-refractivity contribution in [2.45, 2.75) is 26.3 Å². The summed E-state index contributed by atoms with van der Waals surface area (Å²) >= 11 is 0. The molecule has 0 spiro atoms. The second-order valence-electron chi connectivity index (χ2n) is 4.57. The van der Waals surface area contributed by atoms with Crippen molar-refractivity contribution in [2.75, 3.05) is 11.9 Å². The van der Waals surface area contributed by atoms with Crippen molar-refractivity contribution in [1.82, 2.24) is 20.5 Å². The van der Waals surface area contributed by atoms with Crippen LogP contribution in [0.3, 0.4) is 0 Å². The van der Waals surface area contributed by atoms with Crippen molar-refractivity contribution in [3.05, 3.63) is 42.0 Å². The van der Waals surface area contributed by atoms with E-state index in [0.717, 1.165) is 24.2 Å². The molecule has 0 bridgehead atoms. The Morgan fingerprint density at radius 1 is 1.45 bits per heavy atom. The summed E-state index contributed by atoms with van der Waals surface area (Å²) in [5.74, 6) is -0.125. The van der Waals surface area contributed by atoms with E-state index in [1.807, 2.05) is 6.92 Å². The molecular formula is C14H19N5O. The van der Waals surface area contributed by atoms with Gasteiger partial charge in [-0.15, -0.1) is 0 Å². The molecule has 0 saturated heterocycles. The highest BCUT2D eigenvalue weighted by Crippen LogP contribution is 2.16. The van der Waals surface area contributed by atoms with Crippen molar-refractivity contribution in [3.63, 3.8) is 0 Å². The number of carbonyl (C=O) groups excluding carboxylic acids is 1. The average Bonchev–Trinajstić information content (AvgIpc) is 2.99. The molecule has 0 radical (unpaired) electrons. The lowest BCUT2D eigenvalue weighted by Crippen LogP contribution is -2.27. The van der Waals surface area contributed by atoms with E-state index in [4.69, 9.17) is 0 Å². The van der Waals surface area contributed by atoms with Crippen LogP contribution in [-0.2, 0) is 0 Å². The van der Waals surface area contributed by atoms with E-state index in [1.165, 1.54) is 0 Å². The van der Waals surface area contributed by atoms with Crippen molar-refractivity contribution in [3.8, 4) is 0 Å². The molecular weight excluding hydrogens is 254 g/mol. The summed E-state index contributed by atoms with van der Waals surface area (Å²) in [6.07, 6.45) is 7.75. The van der Waals surface area contributed by atoms with Crippen molar-refractivity contribution in [1.29, 1.82) is 0 Å². The highest BCUT2D eigenvalue weighted by molar-refractivity contribution is 5.99. The molecule has 106 valence electrons. The first-order valence-corrected chi connectivity index (χ1v) is 6.69. The number of anilines is 1. The molecule has 2 heterocycles. The molecule has 2 rings (SSSR count). The predicted octanol–water partition coefficient (Wildman–Crippen LogP) is 2.12. The van der Waals surface area contributed by atoms with Crippen LogP contribution in [0.2, 0.25) is 0 Å². The second-order valence-corrected chi connectivity index (χ2v) is 4.57. The summed E-state index contributed by atoms with van der Waals surface area (Å²) in [6.45, 7) is 4.80. The molecule has 2 aromatic rings. The molecule has 0 aliphatic carbocycles. The SMILES string of the molecule is CCCNc1cnccc1C(=O)NC(C)c1cn[nH]c1. The van der Waals surface area contributed by atoms with E-state index >= 15 is 0 Å². The largest absolute Gasteiger partial charge is 0.383 e. The van der Waals surface area contributed by atoms with E-state index in [1.54, 1.807) is 30.9 Å². The Kier molecular flexibility index (Phi) is 4.70. The quantitative estimate of drug-likeness (QED) is 0.753. The Labute approximate surface area is 118 Å². The van der Waals surface area contributed by atoms with Crippen LogP contribution >= 0.6 is 0 Å². The zero-order valence-electron chi connectivity index (χ0n) is 11.7. The third-order valence-corrected chi connectivity index (χ3v) is 3.00. The fraction of sp³-hybridized carbons (Fsp3) is 0.357. The Morgan fingerprint density at radius 3 is 3.00 bits per heavy atom. The monoisotopic (exact) mass is 273 g/mol. The van der Waals surface area contributed by atoms with Gasteiger partial charge in [-0.05, 0) is 19.4 Å². The number of nitrogens with one attached hydrogen (secondary N) is 3. The van der Waals surface area contributed by atoms with Gasteiger partial charge in [0.2, 0.25) is 0 Å². The summed E-state index contributed by atoms with van der Waals surface area (Å²) in [5.41, 5.74) is 2.30. The maximum Gasteiger partial charge on any atom is 0.253 e. The Balaban J connectivity index is 2.09. The lowest BCUT2D eigenvalue weighted by atomic mass is 10.1. The first kappa shape index (κ1) is 14.0. The molecule has 2 aromatic heterocycles. The van der Waals surface area contributed by atoms with Crippen molar-refractivity contribution in [2.24, 2.45) is 0 Å². The highest BCUT2D eigenvalue weighted by Gasteiger charge is 2.15. The van der Waals surface area contributed by atoms with Crippen LogP contribution in [0.25, 0.3) is 0 Å². The zero-order valence-corrected chi connectivity index (χ0v) is 11.7. The Hall–Kier alpha value is -2.37. The number of H-pyrrole nitrogens is 1. The number of hydrogen-bond acceptors (Lipinski definition) is 4. The number of rotatable bonds is 6. The number of aromatic nitrogens is 3. The smallest absolute Gasteiger partial charge is 0.253 e. The van der Waals surface area contributed by atoms with Gasteiger partial charge in [-0.2, -0.15) is 5.10 Å². The van der Waals surface area contributed by atoms with Gasteiger partial charge in [0.15, 0.2) is 0 Å². The normalized spacial score (nSPS) is 11.9. The molecule has 0 aromatic carbocycles. The molecule has 20 heavy (non-hydrogen) atoms. The van der Waals surface area contributed by atoms with Crippen LogP contribution in [0, 0.1) is 0 Å². The molecule has 3 N–H and O–H groups in total. The molecule has 1 atom stereocenters. The molecule has 6 nitrogen and oxygen atoms in total. The van der Waals surface area contributed by atoms with Gasteiger partial charge in [0, 0.05) is 24.5 Å². The van der Waals surface area contributed by atoms with E-state index in [2.05, 4.69) is 32.7 Å². The highest BCUT2D eigenvalue weighted by atomic mass is 16.1. The molecule has 1 unspecified atom stereocenters. The number of carbonyl (C=O) groups is 1. The summed E-state index contributed by atoms with van der Waals surface area (Å²) in [7, 11) is 0. The summed E-state index contributed by atoms with van der Waals surface area (Å²) in [4.78, 5) is 16.4. The van der Waals surface area contributed by atoms with Crippen molar-refractivity contribution < 1.29 is 4.79 Å². The van der Waals surface area contributed by atoms with Gasteiger partial charge in [-0.25, -0.2) is 0 Å². The summed E-state index contributed by atoms with van der Waals surface area (Å²) in [5, 5.41) is 12.8. The van der Waals surface area contributed by atoms with Gasteiger partial charge in [0.05, 0.1) is 29.7 Å². The predicted molar refractivity (Wildman–Crippen MR) is 77.5 cm³/mol.